The number of amides is 1. The smallest absolute Gasteiger partial charge is 0.307 e. The van der Waals surface area contributed by atoms with E-state index in [0.29, 0.717) is 0 Å². The molecule has 4 nitrogen and oxygen atoms in total. The minimum Gasteiger partial charge on any atom is -0.481 e. The Labute approximate surface area is 127 Å². The van der Waals surface area contributed by atoms with Crippen LogP contribution < -0.4 is 5.32 Å². The second-order valence-corrected chi connectivity index (χ2v) is 5.60. The van der Waals surface area contributed by atoms with Crippen LogP contribution in [0.2, 0.25) is 0 Å². The van der Waals surface area contributed by atoms with Gasteiger partial charge in [0.2, 0.25) is 5.91 Å². The average molecular weight is 301 g/mol. The van der Waals surface area contributed by atoms with Crippen molar-refractivity contribution in [2.75, 3.05) is 5.32 Å². The molecule has 0 atom stereocenters. The molecule has 0 radical (unpaired) electrons. The molecule has 2 aromatic rings. The minimum absolute atomic E-state index is 0.00709. The second-order valence-electron chi connectivity index (χ2n) is 4.49. The first-order chi connectivity index (χ1) is 10.0. The van der Waals surface area contributed by atoms with Crippen LogP contribution in [0.5, 0.6) is 0 Å². The number of nitrogens with one attached hydrogen (secondary N) is 1. The first-order valence-corrected chi connectivity index (χ1v) is 7.21. The maximum absolute atomic E-state index is 11.0. The van der Waals surface area contributed by atoms with Crippen molar-refractivity contribution in [3.63, 3.8) is 0 Å². The van der Waals surface area contributed by atoms with E-state index >= 15 is 0 Å². The fourth-order valence-electron chi connectivity index (χ4n) is 1.85. The number of aliphatic carboxylic acids is 1. The van der Waals surface area contributed by atoms with Gasteiger partial charge in [0.15, 0.2) is 0 Å². The summed E-state index contributed by atoms with van der Waals surface area (Å²) in [6, 6.07) is 14.9. The van der Waals surface area contributed by atoms with Crippen LogP contribution in [-0.4, -0.2) is 17.0 Å². The summed E-state index contributed by atoms with van der Waals surface area (Å²) in [5, 5.41) is 11.6. The van der Waals surface area contributed by atoms with Crippen LogP contribution >= 0.6 is 11.8 Å². The van der Waals surface area contributed by atoms with Gasteiger partial charge in [-0.1, -0.05) is 30.0 Å². The predicted molar refractivity (Wildman–Crippen MR) is 82.7 cm³/mol. The molecule has 0 aliphatic heterocycles. The summed E-state index contributed by atoms with van der Waals surface area (Å²) in [6.45, 7) is 1.46. The van der Waals surface area contributed by atoms with Crippen molar-refractivity contribution in [1.82, 2.24) is 0 Å². The highest BCUT2D eigenvalue weighted by molar-refractivity contribution is 7.99. The normalized spacial score (nSPS) is 10.1. The molecule has 0 aromatic heterocycles. The van der Waals surface area contributed by atoms with Gasteiger partial charge in [0.1, 0.15) is 0 Å². The summed E-state index contributed by atoms with van der Waals surface area (Å²) in [5.41, 5.74) is 1.53. The zero-order valence-corrected chi connectivity index (χ0v) is 12.3. The molecule has 2 rings (SSSR count). The molecule has 0 spiro atoms. The molecule has 0 saturated carbocycles. The summed E-state index contributed by atoms with van der Waals surface area (Å²) < 4.78 is 0. The molecule has 0 saturated heterocycles. The molecule has 2 N–H and O–H groups in total. The summed E-state index contributed by atoms with van der Waals surface area (Å²) in [7, 11) is 0. The van der Waals surface area contributed by atoms with E-state index in [-0.39, 0.29) is 12.3 Å². The van der Waals surface area contributed by atoms with E-state index in [9.17, 15) is 9.59 Å². The standard InChI is InChI=1S/C16H15NO3S/c1-11(18)17-13-6-8-14(9-7-13)21-15-5-3-2-4-12(15)10-16(19)20/h2-9H,10H2,1H3,(H,17,18)(H,19,20). The molecule has 5 heteroatoms. The third-order valence-corrected chi connectivity index (χ3v) is 3.84. The molecule has 2 aromatic carbocycles. The summed E-state index contributed by atoms with van der Waals surface area (Å²) in [4.78, 5) is 23.7. The highest BCUT2D eigenvalue weighted by Gasteiger charge is 2.07. The topological polar surface area (TPSA) is 66.4 Å². The van der Waals surface area contributed by atoms with Crippen molar-refractivity contribution in [2.24, 2.45) is 0 Å². The van der Waals surface area contributed by atoms with E-state index in [1.54, 1.807) is 0 Å². The van der Waals surface area contributed by atoms with Crippen molar-refractivity contribution < 1.29 is 14.7 Å². The number of carboxylic acid groups (broad SMARTS) is 1. The van der Waals surface area contributed by atoms with E-state index in [0.717, 1.165) is 21.0 Å². The van der Waals surface area contributed by atoms with Crippen LogP contribution in [-0.2, 0) is 16.0 Å². The molecule has 0 unspecified atom stereocenters. The first kappa shape index (κ1) is 15.1. The van der Waals surface area contributed by atoms with E-state index in [2.05, 4.69) is 5.32 Å². The Morgan fingerprint density at radius 2 is 1.76 bits per heavy atom. The molecular weight excluding hydrogens is 286 g/mol. The summed E-state index contributed by atoms with van der Waals surface area (Å²) >= 11 is 1.51. The molecular formula is C16H15NO3S. The van der Waals surface area contributed by atoms with Crippen LogP contribution in [0.15, 0.2) is 58.3 Å². The van der Waals surface area contributed by atoms with Gasteiger partial charge in [0, 0.05) is 22.4 Å². The fraction of sp³-hybridized carbons (Fsp3) is 0.125. The Balaban J connectivity index is 2.14. The third kappa shape index (κ3) is 4.65. The number of hydrogen-bond donors (Lipinski definition) is 2. The van der Waals surface area contributed by atoms with E-state index in [4.69, 9.17) is 5.11 Å². The van der Waals surface area contributed by atoms with Crippen molar-refractivity contribution >= 4 is 29.3 Å². The Hall–Kier alpha value is -2.27. The molecule has 1 amide bonds. The number of carboxylic acids is 1. The van der Waals surface area contributed by atoms with Gasteiger partial charge in [0.05, 0.1) is 6.42 Å². The van der Waals surface area contributed by atoms with Crippen molar-refractivity contribution in [2.45, 2.75) is 23.1 Å². The number of carbonyl (C=O) groups excluding carboxylic acids is 1. The Kier molecular flexibility index (Phi) is 5.00. The van der Waals surface area contributed by atoms with Crippen LogP contribution in [0.3, 0.4) is 0 Å². The molecule has 0 aliphatic carbocycles. The van der Waals surface area contributed by atoms with Crippen molar-refractivity contribution in [1.29, 1.82) is 0 Å². The van der Waals surface area contributed by atoms with Gasteiger partial charge in [-0.15, -0.1) is 0 Å². The highest BCUT2D eigenvalue weighted by atomic mass is 32.2. The van der Waals surface area contributed by atoms with E-state index < -0.39 is 5.97 Å². The minimum atomic E-state index is -0.843. The van der Waals surface area contributed by atoms with Gasteiger partial charge in [0.25, 0.3) is 0 Å². The molecule has 0 fully saturated rings. The van der Waals surface area contributed by atoms with Crippen molar-refractivity contribution in [3.8, 4) is 0 Å². The van der Waals surface area contributed by atoms with Gasteiger partial charge in [-0.05, 0) is 35.9 Å². The SMILES string of the molecule is CC(=O)Nc1ccc(Sc2ccccc2CC(=O)O)cc1. The number of carbonyl (C=O) groups is 2. The first-order valence-electron chi connectivity index (χ1n) is 6.40. The Bertz CT molecular complexity index is 653. The van der Waals surface area contributed by atoms with Crippen molar-refractivity contribution in [3.05, 3.63) is 54.1 Å². The number of benzene rings is 2. The summed E-state index contributed by atoms with van der Waals surface area (Å²) in [5.74, 6) is -0.953. The maximum atomic E-state index is 11.0. The van der Waals surface area contributed by atoms with E-state index in [1.165, 1.54) is 18.7 Å². The van der Waals surface area contributed by atoms with Gasteiger partial charge in [-0.25, -0.2) is 0 Å². The van der Waals surface area contributed by atoms with Crippen LogP contribution in [0.4, 0.5) is 5.69 Å². The lowest BCUT2D eigenvalue weighted by atomic mass is 10.1. The molecule has 21 heavy (non-hydrogen) atoms. The van der Waals surface area contributed by atoms with Crippen LogP contribution in [0, 0.1) is 0 Å². The number of anilines is 1. The third-order valence-electron chi connectivity index (χ3n) is 2.72. The van der Waals surface area contributed by atoms with Gasteiger partial charge < -0.3 is 10.4 Å². The Morgan fingerprint density at radius 3 is 2.38 bits per heavy atom. The van der Waals surface area contributed by atoms with Gasteiger partial charge in [-0.2, -0.15) is 0 Å². The zero-order chi connectivity index (χ0) is 15.2. The lowest BCUT2D eigenvalue weighted by molar-refractivity contribution is -0.136. The van der Waals surface area contributed by atoms with Gasteiger partial charge in [-0.3, -0.25) is 9.59 Å². The number of rotatable bonds is 5. The zero-order valence-electron chi connectivity index (χ0n) is 11.5. The fourth-order valence-corrected chi connectivity index (χ4v) is 2.79. The van der Waals surface area contributed by atoms with Crippen LogP contribution in [0.1, 0.15) is 12.5 Å². The predicted octanol–water partition coefficient (Wildman–Crippen LogP) is 3.42. The highest BCUT2D eigenvalue weighted by Crippen LogP contribution is 2.31. The largest absolute Gasteiger partial charge is 0.481 e. The lowest BCUT2D eigenvalue weighted by Gasteiger charge is -2.08. The Morgan fingerprint density at radius 1 is 1.10 bits per heavy atom. The molecule has 0 aliphatic rings. The molecule has 108 valence electrons. The average Bonchev–Trinajstić information content (AvgIpc) is 2.42. The molecule has 0 heterocycles. The monoisotopic (exact) mass is 301 g/mol. The summed E-state index contributed by atoms with van der Waals surface area (Å²) in [6.07, 6.45) is 0.00709. The molecule has 0 bridgehead atoms. The van der Waals surface area contributed by atoms with E-state index in [1.807, 2.05) is 48.5 Å². The van der Waals surface area contributed by atoms with Crippen LogP contribution in [0.25, 0.3) is 0 Å². The quantitative estimate of drug-likeness (QED) is 0.888. The number of hydrogen-bond acceptors (Lipinski definition) is 3. The maximum Gasteiger partial charge on any atom is 0.307 e. The second kappa shape index (κ2) is 6.95. The van der Waals surface area contributed by atoms with Gasteiger partial charge >= 0.3 is 5.97 Å². The lowest BCUT2D eigenvalue weighted by Crippen LogP contribution is -2.05.